The number of hydrogen-bond acceptors (Lipinski definition) is 2. The van der Waals surface area contributed by atoms with Crippen LogP contribution in [0.25, 0.3) is 0 Å². The summed E-state index contributed by atoms with van der Waals surface area (Å²) in [5.74, 6) is -1.78. The molecule has 0 radical (unpaired) electrons. The van der Waals surface area contributed by atoms with Crippen LogP contribution < -0.4 is 0 Å². The molecule has 1 rings (SSSR count). The standard InChI is InChI=1S/C13H18F2O2/c1-3-12(17-4-2)11(16)8-9-6-5-7-10(14)13(9)15/h5-7,11-12,16H,3-4,8H2,1-2H3. The average molecular weight is 244 g/mol. The second-order valence-electron chi connectivity index (χ2n) is 3.89. The summed E-state index contributed by atoms with van der Waals surface area (Å²) in [7, 11) is 0. The molecule has 0 aliphatic heterocycles. The van der Waals surface area contributed by atoms with Gasteiger partial charge in [-0.15, -0.1) is 0 Å². The van der Waals surface area contributed by atoms with Crippen LogP contribution in [0, 0.1) is 11.6 Å². The van der Waals surface area contributed by atoms with Gasteiger partial charge in [-0.2, -0.15) is 0 Å². The van der Waals surface area contributed by atoms with Crippen molar-refractivity contribution in [2.75, 3.05) is 6.61 Å². The minimum absolute atomic E-state index is 0.0576. The van der Waals surface area contributed by atoms with Crippen LogP contribution in [0.4, 0.5) is 8.78 Å². The molecule has 1 aromatic carbocycles. The van der Waals surface area contributed by atoms with Crippen molar-refractivity contribution in [2.24, 2.45) is 0 Å². The van der Waals surface area contributed by atoms with Crippen molar-refractivity contribution in [3.63, 3.8) is 0 Å². The summed E-state index contributed by atoms with van der Waals surface area (Å²) in [4.78, 5) is 0. The van der Waals surface area contributed by atoms with Gasteiger partial charge in [0.15, 0.2) is 11.6 Å². The second-order valence-corrected chi connectivity index (χ2v) is 3.89. The molecule has 1 N–H and O–H groups in total. The predicted molar refractivity (Wildman–Crippen MR) is 61.8 cm³/mol. The number of halogens is 2. The molecule has 0 saturated carbocycles. The summed E-state index contributed by atoms with van der Waals surface area (Å²) in [6.07, 6.45) is -0.479. The number of ether oxygens (including phenoxy) is 1. The van der Waals surface area contributed by atoms with Crippen LogP contribution >= 0.6 is 0 Å². The van der Waals surface area contributed by atoms with Gasteiger partial charge in [0.25, 0.3) is 0 Å². The van der Waals surface area contributed by atoms with Crippen molar-refractivity contribution < 1.29 is 18.6 Å². The van der Waals surface area contributed by atoms with Crippen molar-refractivity contribution in [1.29, 1.82) is 0 Å². The first-order valence-electron chi connectivity index (χ1n) is 5.82. The largest absolute Gasteiger partial charge is 0.390 e. The molecule has 0 aliphatic rings. The van der Waals surface area contributed by atoms with Crippen molar-refractivity contribution in [1.82, 2.24) is 0 Å². The topological polar surface area (TPSA) is 29.5 Å². The Bertz CT molecular complexity index is 355. The van der Waals surface area contributed by atoms with Gasteiger partial charge in [-0.25, -0.2) is 8.78 Å². The van der Waals surface area contributed by atoms with E-state index < -0.39 is 17.7 Å². The molecule has 2 atom stereocenters. The van der Waals surface area contributed by atoms with Crippen LogP contribution in [0.5, 0.6) is 0 Å². The van der Waals surface area contributed by atoms with Gasteiger partial charge in [0, 0.05) is 13.0 Å². The van der Waals surface area contributed by atoms with E-state index in [2.05, 4.69) is 0 Å². The number of benzene rings is 1. The summed E-state index contributed by atoms with van der Waals surface area (Å²) in [6, 6.07) is 3.97. The molecule has 0 amide bonds. The molecule has 17 heavy (non-hydrogen) atoms. The third-order valence-electron chi connectivity index (χ3n) is 2.67. The van der Waals surface area contributed by atoms with E-state index in [4.69, 9.17) is 4.74 Å². The zero-order valence-electron chi connectivity index (χ0n) is 10.1. The van der Waals surface area contributed by atoms with E-state index >= 15 is 0 Å². The van der Waals surface area contributed by atoms with E-state index in [0.717, 1.165) is 6.07 Å². The molecule has 2 unspecified atom stereocenters. The SMILES string of the molecule is CCOC(CC)C(O)Cc1cccc(F)c1F. The van der Waals surface area contributed by atoms with E-state index in [9.17, 15) is 13.9 Å². The first kappa shape index (κ1) is 14.1. The van der Waals surface area contributed by atoms with Gasteiger partial charge in [-0.1, -0.05) is 19.1 Å². The fraction of sp³-hybridized carbons (Fsp3) is 0.538. The quantitative estimate of drug-likeness (QED) is 0.833. The smallest absolute Gasteiger partial charge is 0.162 e. The highest BCUT2D eigenvalue weighted by atomic mass is 19.2. The average Bonchev–Trinajstić information content (AvgIpc) is 2.31. The van der Waals surface area contributed by atoms with Crippen LogP contribution in [0.1, 0.15) is 25.8 Å². The van der Waals surface area contributed by atoms with Gasteiger partial charge in [0.05, 0.1) is 12.2 Å². The van der Waals surface area contributed by atoms with E-state index in [1.807, 2.05) is 13.8 Å². The van der Waals surface area contributed by atoms with Gasteiger partial charge < -0.3 is 9.84 Å². The lowest BCUT2D eigenvalue weighted by molar-refractivity contribution is -0.0337. The highest BCUT2D eigenvalue weighted by Gasteiger charge is 2.20. The number of rotatable bonds is 6. The molecule has 0 aromatic heterocycles. The fourth-order valence-electron chi connectivity index (χ4n) is 1.78. The van der Waals surface area contributed by atoms with Crippen molar-refractivity contribution >= 4 is 0 Å². The maximum atomic E-state index is 13.4. The summed E-state index contributed by atoms with van der Waals surface area (Å²) in [5.41, 5.74) is 0.177. The van der Waals surface area contributed by atoms with E-state index in [1.54, 1.807) is 0 Å². The van der Waals surface area contributed by atoms with E-state index in [-0.39, 0.29) is 18.1 Å². The van der Waals surface area contributed by atoms with Crippen LogP contribution in [0.15, 0.2) is 18.2 Å². The monoisotopic (exact) mass is 244 g/mol. The maximum Gasteiger partial charge on any atom is 0.162 e. The lowest BCUT2D eigenvalue weighted by Gasteiger charge is -2.21. The summed E-state index contributed by atoms with van der Waals surface area (Å²) in [5, 5.41) is 9.89. The van der Waals surface area contributed by atoms with Gasteiger partial charge in [-0.3, -0.25) is 0 Å². The fourth-order valence-corrected chi connectivity index (χ4v) is 1.78. The summed E-state index contributed by atoms with van der Waals surface area (Å²) in [6.45, 7) is 4.20. The molecular formula is C13H18F2O2. The van der Waals surface area contributed by atoms with Crippen LogP contribution in [0.2, 0.25) is 0 Å². The van der Waals surface area contributed by atoms with Crippen LogP contribution in [-0.4, -0.2) is 23.9 Å². The first-order chi connectivity index (χ1) is 8.10. The number of aliphatic hydroxyl groups excluding tert-OH is 1. The van der Waals surface area contributed by atoms with E-state index in [0.29, 0.717) is 13.0 Å². The van der Waals surface area contributed by atoms with Crippen LogP contribution in [-0.2, 0) is 11.2 Å². The Morgan fingerprint density at radius 2 is 2.00 bits per heavy atom. The first-order valence-corrected chi connectivity index (χ1v) is 5.82. The van der Waals surface area contributed by atoms with Crippen LogP contribution in [0.3, 0.4) is 0 Å². The summed E-state index contributed by atoms with van der Waals surface area (Å²) < 4.78 is 31.7. The van der Waals surface area contributed by atoms with Gasteiger partial charge in [0.1, 0.15) is 0 Å². The molecule has 0 fully saturated rings. The molecule has 4 heteroatoms. The Balaban J connectivity index is 2.72. The zero-order valence-corrected chi connectivity index (χ0v) is 10.1. The Labute approximate surface area is 100 Å². The number of hydrogen-bond donors (Lipinski definition) is 1. The molecule has 0 heterocycles. The predicted octanol–water partition coefficient (Wildman–Crippen LogP) is 2.68. The molecular weight excluding hydrogens is 226 g/mol. The lowest BCUT2D eigenvalue weighted by atomic mass is 10.0. The lowest BCUT2D eigenvalue weighted by Crippen LogP contribution is -2.30. The normalized spacial score (nSPS) is 14.6. The van der Waals surface area contributed by atoms with E-state index in [1.165, 1.54) is 12.1 Å². The zero-order chi connectivity index (χ0) is 12.8. The molecule has 2 nitrogen and oxygen atoms in total. The highest BCUT2D eigenvalue weighted by molar-refractivity contribution is 5.19. The Hall–Kier alpha value is -1.00. The van der Waals surface area contributed by atoms with Gasteiger partial charge >= 0.3 is 0 Å². The molecule has 1 aromatic rings. The highest BCUT2D eigenvalue weighted by Crippen LogP contribution is 2.16. The summed E-state index contributed by atoms with van der Waals surface area (Å²) >= 11 is 0. The van der Waals surface area contributed by atoms with Crippen molar-refractivity contribution in [3.05, 3.63) is 35.4 Å². The Morgan fingerprint density at radius 3 is 2.59 bits per heavy atom. The molecule has 0 bridgehead atoms. The second kappa shape index (κ2) is 6.67. The van der Waals surface area contributed by atoms with Gasteiger partial charge in [0.2, 0.25) is 0 Å². The van der Waals surface area contributed by atoms with Crippen molar-refractivity contribution in [3.8, 4) is 0 Å². The Morgan fingerprint density at radius 1 is 1.29 bits per heavy atom. The third-order valence-corrected chi connectivity index (χ3v) is 2.67. The maximum absolute atomic E-state index is 13.4. The molecule has 0 spiro atoms. The number of aliphatic hydroxyl groups is 1. The van der Waals surface area contributed by atoms with Crippen molar-refractivity contribution in [2.45, 2.75) is 38.9 Å². The minimum atomic E-state index is -0.891. The minimum Gasteiger partial charge on any atom is -0.390 e. The molecule has 96 valence electrons. The molecule has 0 saturated heterocycles. The Kier molecular flexibility index (Phi) is 5.51. The molecule has 0 aliphatic carbocycles. The van der Waals surface area contributed by atoms with Gasteiger partial charge in [-0.05, 0) is 25.0 Å². The third kappa shape index (κ3) is 3.75.